The molecule has 5 amide bonds. The quantitative estimate of drug-likeness (QED) is 0.183. The van der Waals surface area contributed by atoms with Crippen molar-refractivity contribution in [3.63, 3.8) is 0 Å². The third-order valence-corrected chi connectivity index (χ3v) is 15.0. The average Bonchev–Trinajstić information content (AvgIpc) is 3.26. The van der Waals surface area contributed by atoms with E-state index in [-0.39, 0.29) is 41.7 Å². The number of halogens is 3. The van der Waals surface area contributed by atoms with Gasteiger partial charge in [0.05, 0.1) is 11.6 Å². The first-order valence-electron chi connectivity index (χ1n) is 19.6. The summed E-state index contributed by atoms with van der Waals surface area (Å²) in [4.78, 5) is 72.8. The van der Waals surface area contributed by atoms with E-state index in [4.69, 9.17) is 5.73 Å². The molecule has 2 heterocycles. The Kier molecular flexibility index (Phi) is 11.7. The predicted molar refractivity (Wildman–Crippen MR) is 203 cm³/mol. The molecule has 57 heavy (non-hydrogen) atoms. The van der Waals surface area contributed by atoms with Gasteiger partial charge in [0.1, 0.15) is 12.1 Å². The number of ketones is 1. The Balaban J connectivity index is 1.35. The Morgan fingerprint density at radius 3 is 2.00 bits per heavy atom. The van der Waals surface area contributed by atoms with Crippen LogP contribution in [0.5, 0.6) is 0 Å². The van der Waals surface area contributed by atoms with Gasteiger partial charge >= 0.3 is 12.2 Å². The maximum absolute atomic E-state index is 14.8. The topological polar surface area (TPSA) is 210 Å². The molecule has 3 aliphatic carbocycles. The molecule has 6 N–H and O–H groups in total. The van der Waals surface area contributed by atoms with Crippen molar-refractivity contribution in [2.75, 3.05) is 13.1 Å². The standard InChI is InChI=1S/C39H58F3N7O7S/c1-34(2,3)26(20-45-57(55,56)27-14-13-23(19-44-27)39(40,41)42)47-33(54)48-29(35(4,5)6)32(53)49-21-38(36(7,8)37(38)15-10-16-37)18-25(49)31(52)46-24(28(50)30(43)51)17-22-11-9-12-22/h13-14,19,22,24-26,29,45H,9-12,15-18,20-21H2,1-8H3,(H2,43,51)(H,46,52)(H2,47,48,54)/t24?,25-,26?,29+,38+/m0/s1. The van der Waals surface area contributed by atoms with Crippen LogP contribution in [0.3, 0.4) is 0 Å². The highest BCUT2D eigenvalue weighted by Gasteiger charge is 2.85. The summed E-state index contributed by atoms with van der Waals surface area (Å²) in [6, 6.07) is -3.61. The molecule has 2 unspecified atom stereocenters. The van der Waals surface area contributed by atoms with E-state index in [1.54, 1.807) is 41.5 Å². The van der Waals surface area contributed by atoms with Crippen LogP contribution in [-0.4, -0.2) is 85.1 Å². The molecular formula is C39H58F3N7O7S. The van der Waals surface area contributed by atoms with Crippen LogP contribution < -0.4 is 26.4 Å². The van der Waals surface area contributed by atoms with Gasteiger partial charge in [0.2, 0.25) is 17.6 Å². The lowest BCUT2D eigenvalue weighted by molar-refractivity contribution is -0.143. The van der Waals surface area contributed by atoms with Crippen LogP contribution in [0.1, 0.15) is 112 Å². The van der Waals surface area contributed by atoms with Gasteiger partial charge in [-0.1, -0.05) is 81.1 Å². The number of carbonyl (C=O) groups is 5. The number of urea groups is 1. The maximum atomic E-state index is 14.8. The van der Waals surface area contributed by atoms with Gasteiger partial charge in [-0.15, -0.1) is 0 Å². The molecule has 5 atom stereocenters. The summed E-state index contributed by atoms with van der Waals surface area (Å²) in [5, 5.41) is 7.72. The third kappa shape index (κ3) is 8.39. The first-order chi connectivity index (χ1) is 26.1. The number of nitrogens with zero attached hydrogens (tertiary/aromatic N) is 2. The Hall–Kier alpha value is -3.80. The Labute approximate surface area is 332 Å². The zero-order chi connectivity index (χ0) is 42.7. The normalized spacial score (nSPS) is 24.5. The Morgan fingerprint density at radius 1 is 0.930 bits per heavy atom. The van der Waals surface area contributed by atoms with Crippen LogP contribution in [0.25, 0.3) is 0 Å². The molecule has 1 aromatic rings. The molecular weight excluding hydrogens is 768 g/mol. The minimum absolute atomic E-state index is 0.0624. The number of nitrogens with two attached hydrogens (primary N) is 1. The van der Waals surface area contributed by atoms with Gasteiger partial charge in [0, 0.05) is 30.7 Å². The van der Waals surface area contributed by atoms with E-state index < -0.39 is 91.3 Å². The van der Waals surface area contributed by atoms with Gasteiger partial charge in [-0.05, 0) is 65.4 Å². The van der Waals surface area contributed by atoms with E-state index in [1.807, 2.05) is 0 Å². The Bertz CT molecular complexity index is 1870. The monoisotopic (exact) mass is 825 g/mol. The van der Waals surface area contributed by atoms with Gasteiger partial charge in [0.25, 0.3) is 15.9 Å². The number of hydrogen-bond donors (Lipinski definition) is 5. The fraction of sp³-hybridized carbons (Fsp3) is 0.744. The van der Waals surface area contributed by atoms with Crippen molar-refractivity contribution in [2.24, 2.45) is 38.7 Å². The molecule has 18 heteroatoms. The molecule has 4 fully saturated rings. The van der Waals surface area contributed by atoms with Gasteiger partial charge in [-0.25, -0.2) is 22.9 Å². The van der Waals surface area contributed by atoms with Crippen LogP contribution in [0, 0.1) is 33.0 Å². The summed E-state index contributed by atoms with van der Waals surface area (Å²) in [6.45, 7) is 14.7. The summed E-state index contributed by atoms with van der Waals surface area (Å²) < 4.78 is 67.4. The molecule has 1 aromatic heterocycles. The van der Waals surface area contributed by atoms with Crippen LogP contribution in [-0.2, 0) is 35.4 Å². The molecule has 14 nitrogen and oxygen atoms in total. The van der Waals surface area contributed by atoms with Crippen molar-refractivity contribution in [3.05, 3.63) is 23.9 Å². The number of likely N-dealkylation sites (tertiary alicyclic amines) is 1. The number of primary amides is 1. The molecule has 5 rings (SSSR count). The molecule has 0 radical (unpaired) electrons. The minimum atomic E-state index is -4.70. The zero-order valence-corrected chi connectivity index (χ0v) is 34.9. The third-order valence-electron chi connectivity index (χ3n) is 13.6. The van der Waals surface area contributed by atoms with E-state index in [9.17, 15) is 45.6 Å². The first kappa shape index (κ1) is 44.3. The molecule has 2 spiro atoms. The highest BCUT2D eigenvalue weighted by atomic mass is 32.2. The first-order valence-corrected chi connectivity index (χ1v) is 21.1. The van der Waals surface area contributed by atoms with Gasteiger partial charge in [-0.3, -0.25) is 19.2 Å². The number of carbonyl (C=O) groups excluding carboxylic acids is 5. The summed E-state index contributed by atoms with van der Waals surface area (Å²) in [7, 11) is -4.39. The highest BCUT2D eigenvalue weighted by molar-refractivity contribution is 7.89. The van der Waals surface area contributed by atoms with Crippen molar-refractivity contribution in [3.8, 4) is 0 Å². The summed E-state index contributed by atoms with van der Waals surface area (Å²) in [5.74, 6) is -2.94. The fourth-order valence-corrected chi connectivity index (χ4v) is 10.5. The second-order valence-corrected chi connectivity index (χ2v) is 20.9. The van der Waals surface area contributed by atoms with Gasteiger partial charge in [0.15, 0.2) is 5.03 Å². The van der Waals surface area contributed by atoms with E-state index in [0.717, 1.165) is 44.6 Å². The molecule has 1 aliphatic heterocycles. The highest BCUT2D eigenvalue weighted by Crippen LogP contribution is 2.88. The van der Waals surface area contributed by atoms with Crippen molar-refractivity contribution in [2.45, 2.75) is 142 Å². The molecule has 4 aliphatic rings. The van der Waals surface area contributed by atoms with Crippen LogP contribution in [0.2, 0.25) is 0 Å². The lowest BCUT2D eigenvalue weighted by Crippen LogP contribution is -2.62. The predicted octanol–water partition coefficient (Wildman–Crippen LogP) is 4.03. The smallest absolute Gasteiger partial charge is 0.363 e. The maximum Gasteiger partial charge on any atom is 0.417 e. The van der Waals surface area contributed by atoms with Crippen LogP contribution in [0.15, 0.2) is 23.4 Å². The lowest BCUT2D eigenvalue weighted by atomic mass is 9.73. The SMILES string of the molecule is CC(C)(C)C(CNS(=O)(=O)c1ccc(C(F)(F)F)cn1)NC(=O)N[C@H](C(=O)N1C[C@]2(C[C@H]1C(=O)NC(CC1CCC1)C(=O)C(N)=O)C(C)(C)C21CCC1)C(C)(C)C. The van der Waals surface area contributed by atoms with E-state index in [1.165, 1.54) is 4.90 Å². The number of pyridine rings is 1. The van der Waals surface area contributed by atoms with Crippen LogP contribution >= 0.6 is 0 Å². The molecule has 0 bridgehead atoms. The number of nitrogens with one attached hydrogen (secondary N) is 4. The molecule has 318 valence electrons. The van der Waals surface area contributed by atoms with Crippen molar-refractivity contribution in [1.82, 2.24) is 30.6 Å². The van der Waals surface area contributed by atoms with Crippen LogP contribution in [0.4, 0.5) is 18.0 Å². The largest absolute Gasteiger partial charge is 0.417 e. The minimum Gasteiger partial charge on any atom is -0.363 e. The number of aromatic nitrogens is 1. The van der Waals surface area contributed by atoms with Gasteiger partial charge < -0.3 is 26.6 Å². The number of rotatable bonds is 13. The van der Waals surface area contributed by atoms with E-state index in [0.29, 0.717) is 18.7 Å². The zero-order valence-electron chi connectivity index (χ0n) is 34.1. The number of amides is 5. The number of Topliss-reactive ketones (excluding diaryl/α,β-unsaturated/α-hetero) is 1. The number of hydrogen-bond acceptors (Lipinski definition) is 8. The average molecular weight is 826 g/mol. The number of alkyl halides is 3. The number of sulfonamides is 1. The van der Waals surface area contributed by atoms with E-state index in [2.05, 4.69) is 39.5 Å². The van der Waals surface area contributed by atoms with Crippen molar-refractivity contribution in [1.29, 1.82) is 0 Å². The van der Waals surface area contributed by atoms with Gasteiger partial charge in [-0.2, -0.15) is 13.2 Å². The molecule has 1 saturated heterocycles. The second kappa shape index (κ2) is 15.1. The molecule has 3 saturated carbocycles. The fourth-order valence-electron chi connectivity index (χ4n) is 9.49. The van der Waals surface area contributed by atoms with Crippen molar-refractivity contribution >= 4 is 39.6 Å². The Morgan fingerprint density at radius 2 is 1.56 bits per heavy atom. The number of fused-ring (bicyclic) bond motifs is 1. The summed E-state index contributed by atoms with van der Waals surface area (Å²) >= 11 is 0. The second-order valence-electron chi connectivity index (χ2n) is 19.2. The summed E-state index contributed by atoms with van der Waals surface area (Å²) in [5.41, 5.74) is 2.00. The summed E-state index contributed by atoms with van der Waals surface area (Å²) in [6.07, 6.45) is 2.00. The molecule has 0 aromatic carbocycles. The van der Waals surface area contributed by atoms with E-state index >= 15 is 0 Å². The lowest BCUT2D eigenvalue weighted by Gasteiger charge is -2.37. The van der Waals surface area contributed by atoms with Crippen molar-refractivity contribution < 1.29 is 45.6 Å².